The van der Waals surface area contributed by atoms with Gasteiger partial charge in [0.25, 0.3) is 0 Å². The average molecular weight is 228 g/mol. The van der Waals surface area contributed by atoms with Crippen molar-refractivity contribution in [3.63, 3.8) is 0 Å². The van der Waals surface area contributed by atoms with Gasteiger partial charge in [0.05, 0.1) is 12.7 Å². The number of hydrogen-bond acceptors (Lipinski definition) is 4. The molecule has 0 radical (unpaired) electrons. The van der Waals surface area contributed by atoms with Gasteiger partial charge in [0.1, 0.15) is 0 Å². The van der Waals surface area contributed by atoms with Crippen LogP contribution >= 0.6 is 0 Å². The minimum atomic E-state index is -1.08. The summed E-state index contributed by atoms with van der Waals surface area (Å²) < 4.78 is 0. The zero-order valence-electron chi connectivity index (χ0n) is 10.0. The molecule has 4 nitrogen and oxygen atoms in total. The fourth-order valence-corrected chi connectivity index (χ4v) is 0.898. The standard InChI is InChI=1S/C8H18O2.C2H4O2.Na/c1-2-3-4-5-6-8(10)7-9;1-2(3)4;/h8-10H,2-7H2,1H3;1H3,(H,3,4);/q;;+1/p-1. The topological polar surface area (TPSA) is 80.6 Å². The molecule has 86 valence electrons. The number of hydrogen-bond donors (Lipinski definition) is 2. The van der Waals surface area contributed by atoms with Gasteiger partial charge in [0.15, 0.2) is 0 Å². The van der Waals surface area contributed by atoms with Crippen LogP contribution < -0.4 is 34.7 Å². The molecule has 0 aromatic carbocycles. The van der Waals surface area contributed by atoms with Crippen molar-refractivity contribution in [3.8, 4) is 0 Å². The van der Waals surface area contributed by atoms with Crippen LogP contribution in [0.3, 0.4) is 0 Å². The molecule has 15 heavy (non-hydrogen) atoms. The maximum atomic E-state index is 8.91. The van der Waals surface area contributed by atoms with Crippen molar-refractivity contribution in [1.82, 2.24) is 0 Å². The van der Waals surface area contributed by atoms with E-state index in [1.807, 2.05) is 0 Å². The van der Waals surface area contributed by atoms with Gasteiger partial charge in [-0.3, -0.25) is 0 Å². The summed E-state index contributed by atoms with van der Waals surface area (Å²) in [5.74, 6) is -1.08. The van der Waals surface area contributed by atoms with Crippen LogP contribution in [0, 0.1) is 0 Å². The fourth-order valence-electron chi connectivity index (χ4n) is 0.898. The summed E-state index contributed by atoms with van der Waals surface area (Å²) >= 11 is 0. The number of aliphatic carboxylic acids is 1. The van der Waals surface area contributed by atoms with Crippen molar-refractivity contribution >= 4 is 5.97 Å². The molecule has 1 unspecified atom stereocenters. The molecule has 0 saturated carbocycles. The molecule has 0 heterocycles. The van der Waals surface area contributed by atoms with Crippen molar-refractivity contribution in [3.05, 3.63) is 0 Å². The first-order valence-electron chi connectivity index (χ1n) is 5.01. The molecule has 2 N–H and O–H groups in total. The van der Waals surface area contributed by atoms with Gasteiger partial charge in [-0.1, -0.05) is 32.6 Å². The van der Waals surface area contributed by atoms with Crippen LogP contribution in [-0.4, -0.2) is 28.9 Å². The van der Waals surface area contributed by atoms with E-state index in [0.717, 1.165) is 19.8 Å². The third-order valence-corrected chi connectivity index (χ3v) is 1.60. The fraction of sp³-hybridized carbons (Fsp3) is 0.900. The monoisotopic (exact) mass is 228 g/mol. The summed E-state index contributed by atoms with van der Waals surface area (Å²) in [7, 11) is 0. The van der Waals surface area contributed by atoms with Gasteiger partial charge in [-0.25, -0.2) is 0 Å². The summed E-state index contributed by atoms with van der Waals surface area (Å²) in [6, 6.07) is 0. The zero-order chi connectivity index (χ0) is 11.4. The Morgan fingerprint density at radius 3 is 2.13 bits per heavy atom. The van der Waals surface area contributed by atoms with Crippen LogP contribution in [0.15, 0.2) is 0 Å². The van der Waals surface area contributed by atoms with E-state index in [2.05, 4.69) is 6.92 Å². The predicted molar refractivity (Wildman–Crippen MR) is 52.5 cm³/mol. The minimum absolute atomic E-state index is 0. The van der Waals surface area contributed by atoms with Crippen LogP contribution in [0.2, 0.25) is 0 Å². The average Bonchev–Trinajstić information content (AvgIpc) is 2.11. The number of unbranched alkanes of at least 4 members (excludes halogenated alkanes) is 3. The molecular formula is C10H21NaO4. The predicted octanol–water partition coefficient (Wildman–Crippen LogP) is -2.93. The van der Waals surface area contributed by atoms with E-state index in [0.29, 0.717) is 0 Å². The largest absolute Gasteiger partial charge is 1.00 e. The number of carboxylic acid groups (broad SMARTS) is 1. The van der Waals surface area contributed by atoms with E-state index < -0.39 is 12.1 Å². The Labute approximate surface area is 114 Å². The van der Waals surface area contributed by atoms with Gasteiger partial charge in [-0.2, -0.15) is 0 Å². The summed E-state index contributed by atoms with van der Waals surface area (Å²) in [6.07, 6.45) is 4.92. The van der Waals surface area contributed by atoms with E-state index in [1.165, 1.54) is 19.3 Å². The Morgan fingerprint density at radius 2 is 1.80 bits per heavy atom. The van der Waals surface area contributed by atoms with Gasteiger partial charge >= 0.3 is 29.6 Å². The Bertz CT molecular complexity index is 127. The Hall–Kier alpha value is 0.390. The van der Waals surface area contributed by atoms with Gasteiger partial charge in [-0.15, -0.1) is 0 Å². The molecule has 0 saturated heterocycles. The molecule has 5 heteroatoms. The van der Waals surface area contributed by atoms with Crippen LogP contribution in [-0.2, 0) is 4.79 Å². The first-order valence-corrected chi connectivity index (χ1v) is 5.01. The van der Waals surface area contributed by atoms with Crippen LogP contribution in [0.25, 0.3) is 0 Å². The summed E-state index contributed by atoms with van der Waals surface area (Å²) in [6.45, 7) is 3.04. The summed E-state index contributed by atoms with van der Waals surface area (Å²) in [4.78, 5) is 8.89. The van der Waals surface area contributed by atoms with Crippen molar-refractivity contribution in [2.45, 2.75) is 52.1 Å². The number of carbonyl (C=O) groups is 1. The van der Waals surface area contributed by atoms with Crippen molar-refractivity contribution in [2.24, 2.45) is 0 Å². The second kappa shape index (κ2) is 16.8. The maximum absolute atomic E-state index is 8.91. The van der Waals surface area contributed by atoms with Gasteiger partial charge in [0.2, 0.25) is 0 Å². The molecule has 1 atom stereocenters. The number of aliphatic hydroxyl groups is 2. The van der Waals surface area contributed by atoms with Gasteiger partial charge in [0, 0.05) is 5.97 Å². The minimum Gasteiger partial charge on any atom is -0.550 e. The molecule has 0 spiro atoms. The summed E-state index contributed by atoms with van der Waals surface area (Å²) in [5.41, 5.74) is 0. The molecule has 0 amide bonds. The number of rotatable bonds is 6. The Balaban J connectivity index is -0.000000249. The van der Waals surface area contributed by atoms with E-state index in [9.17, 15) is 0 Å². The maximum Gasteiger partial charge on any atom is 1.00 e. The molecule has 0 bridgehead atoms. The van der Waals surface area contributed by atoms with E-state index >= 15 is 0 Å². The van der Waals surface area contributed by atoms with E-state index in [1.54, 1.807) is 0 Å². The van der Waals surface area contributed by atoms with Crippen LogP contribution in [0.5, 0.6) is 0 Å². The second-order valence-electron chi connectivity index (χ2n) is 3.18. The van der Waals surface area contributed by atoms with E-state index in [-0.39, 0.29) is 36.2 Å². The molecule has 0 aromatic heterocycles. The zero-order valence-corrected chi connectivity index (χ0v) is 12.0. The molecule has 0 rings (SSSR count). The Kier molecular flexibility index (Phi) is 23.3. The number of aliphatic hydroxyl groups excluding tert-OH is 2. The third kappa shape index (κ3) is 31.4. The van der Waals surface area contributed by atoms with Crippen molar-refractivity contribution in [1.29, 1.82) is 0 Å². The quantitative estimate of drug-likeness (QED) is 0.377. The molecule has 0 aliphatic carbocycles. The first-order chi connectivity index (χ1) is 6.54. The Morgan fingerprint density at radius 1 is 1.33 bits per heavy atom. The SMILES string of the molecule is CC(=O)[O-].CCCCCCC(O)CO.[Na+]. The molecule has 0 fully saturated rings. The third-order valence-electron chi connectivity index (χ3n) is 1.60. The smallest absolute Gasteiger partial charge is 0.550 e. The normalized spacial score (nSPS) is 10.7. The molecule has 0 aliphatic rings. The van der Waals surface area contributed by atoms with Crippen molar-refractivity contribution < 1.29 is 49.7 Å². The first kappa shape index (κ1) is 20.8. The molecular weight excluding hydrogens is 207 g/mol. The number of carbonyl (C=O) groups excluding carboxylic acids is 1. The molecule has 0 aliphatic heterocycles. The number of carboxylic acids is 1. The molecule has 0 aromatic rings. The van der Waals surface area contributed by atoms with Gasteiger partial charge in [-0.05, 0) is 13.3 Å². The van der Waals surface area contributed by atoms with Gasteiger partial charge < -0.3 is 20.1 Å². The van der Waals surface area contributed by atoms with E-state index in [4.69, 9.17) is 20.1 Å². The van der Waals surface area contributed by atoms with Crippen molar-refractivity contribution in [2.75, 3.05) is 6.61 Å². The summed E-state index contributed by atoms with van der Waals surface area (Å²) in [5, 5.41) is 26.2. The second-order valence-corrected chi connectivity index (χ2v) is 3.18. The van der Waals surface area contributed by atoms with Crippen LogP contribution in [0.1, 0.15) is 46.0 Å². The van der Waals surface area contributed by atoms with Crippen LogP contribution in [0.4, 0.5) is 0 Å².